The molecule has 0 radical (unpaired) electrons. The fourth-order valence-electron chi connectivity index (χ4n) is 3.60. The maximum atomic E-state index is 12.4. The van der Waals surface area contributed by atoms with Crippen LogP contribution in [0.3, 0.4) is 0 Å². The van der Waals surface area contributed by atoms with Crippen molar-refractivity contribution in [1.82, 2.24) is 0 Å². The van der Waals surface area contributed by atoms with E-state index in [2.05, 4.69) is 43.4 Å². The third-order valence-electron chi connectivity index (χ3n) is 5.22. The highest BCUT2D eigenvalue weighted by atomic mass is 32.1. The van der Waals surface area contributed by atoms with Gasteiger partial charge >= 0.3 is 0 Å². The van der Waals surface area contributed by atoms with Crippen molar-refractivity contribution in [3.63, 3.8) is 0 Å². The number of amides is 1. The lowest BCUT2D eigenvalue weighted by molar-refractivity contribution is -0.929. The summed E-state index contributed by atoms with van der Waals surface area (Å²) in [6.45, 7) is 7.36. The summed E-state index contributed by atoms with van der Waals surface area (Å²) in [7, 11) is 0. The molecule has 1 amide bonds. The molecule has 1 unspecified atom stereocenters. The Balaban J connectivity index is 1.54. The number of rotatable bonds is 4. The van der Waals surface area contributed by atoms with Gasteiger partial charge < -0.3 is 14.6 Å². The van der Waals surface area contributed by atoms with Gasteiger partial charge in [-0.15, -0.1) is 11.3 Å². The van der Waals surface area contributed by atoms with E-state index in [1.165, 1.54) is 38.3 Å². The highest BCUT2D eigenvalue weighted by molar-refractivity contribution is 7.16. The Morgan fingerprint density at radius 1 is 1.19 bits per heavy atom. The molecule has 3 heterocycles. The minimum absolute atomic E-state index is 0.184. The summed E-state index contributed by atoms with van der Waals surface area (Å²) >= 11 is 1.65. The normalized spacial score (nSPS) is 16.3. The molecule has 0 spiro atoms. The monoisotopic (exact) mass is 367 g/mol. The molecule has 3 aromatic rings. The molecule has 5 heteroatoms. The van der Waals surface area contributed by atoms with Crippen LogP contribution in [0.5, 0.6) is 0 Å². The van der Waals surface area contributed by atoms with E-state index in [0.29, 0.717) is 5.76 Å². The number of hydrogen-bond donors (Lipinski definition) is 2. The first-order valence-corrected chi connectivity index (χ1v) is 9.77. The molecule has 0 fully saturated rings. The smallest absolute Gasteiger partial charge is 0.291 e. The first-order chi connectivity index (χ1) is 12.6. The number of thiophene rings is 1. The van der Waals surface area contributed by atoms with Gasteiger partial charge in [0.25, 0.3) is 5.91 Å². The zero-order valence-electron chi connectivity index (χ0n) is 15.1. The Morgan fingerprint density at radius 2 is 2.00 bits per heavy atom. The molecule has 4 nitrogen and oxygen atoms in total. The summed E-state index contributed by atoms with van der Waals surface area (Å²) < 4.78 is 5.22. The topological polar surface area (TPSA) is 46.7 Å². The van der Waals surface area contributed by atoms with E-state index < -0.39 is 0 Å². The van der Waals surface area contributed by atoms with E-state index in [4.69, 9.17) is 4.42 Å². The van der Waals surface area contributed by atoms with Gasteiger partial charge in [-0.25, -0.2) is 0 Å². The van der Waals surface area contributed by atoms with Gasteiger partial charge in [-0.2, -0.15) is 0 Å². The van der Waals surface area contributed by atoms with Crippen molar-refractivity contribution in [3.8, 4) is 0 Å². The molecule has 0 saturated carbocycles. The van der Waals surface area contributed by atoms with Crippen LogP contribution in [-0.4, -0.2) is 12.5 Å². The molecule has 0 saturated heterocycles. The number of quaternary nitrogens is 1. The Hall–Kier alpha value is -2.37. The number of carbonyl (C=O) groups excluding carboxylic acids is 1. The van der Waals surface area contributed by atoms with Gasteiger partial charge in [-0.1, -0.05) is 24.3 Å². The summed E-state index contributed by atoms with van der Waals surface area (Å²) in [5.41, 5.74) is 5.46. The summed E-state index contributed by atoms with van der Waals surface area (Å²) in [5, 5.41) is 4.01. The molecular weight excluding hydrogens is 344 g/mol. The summed E-state index contributed by atoms with van der Waals surface area (Å²) in [5.74, 6) is 0.162. The van der Waals surface area contributed by atoms with Crippen molar-refractivity contribution in [1.29, 1.82) is 0 Å². The van der Waals surface area contributed by atoms with Gasteiger partial charge in [-0.3, -0.25) is 4.79 Å². The van der Waals surface area contributed by atoms with Crippen LogP contribution in [0.2, 0.25) is 0 Å². The van der Waals surface area contributed by atoms with Crippen molar-refractivity contribution in [2.24, 2.45) is 0 Å². The number of nitrogens with one attached hydrogen (secondary N) is 2. The second-order valence-electron chi connectivity index (χ2n) is 6.89. The van der Waals surface area contributed by atoms with Crippen LogP contribution in [0.1, 0.15) is 37.7 Å². The fraction of sp³-hybridized carbons (Fsp3) is 0.286. The van der Waals surface area contributed by atoms with Gasteiger partial charge in [0, 0.05) is 22.4 Å². The van der Waals surface area contributed by atoms with E-state index in [-0.39, 0.29) is 5.91 Å². The standard InChI is InChI=1S/C21H22N2O2S/c1-14-15(2)26-21(22-20(24)19-8-5-11-25-19)18(14)13-23-10-9-16-6-3-4-7-17(16)12-23/h3-8,11H,9-10,12-13H2,1-2H3,(H,22,24)/p+1. The fourth-order valence-corrected chi connectivity index (χ4v) is 4.68. The van der Waals surface area contributed by atoms with Gasteiger partial charge in [0.1, 0.15) is 18.1 Å². The predicted molar refractivity (Wildman–Crippen MR) is 104 cm³/mol. The van der Waals surface area contributed by atoms with E-state index in [9.17, 15) is 4.79 Å². The molecule has 0 aliphatic carbocycles. The first-order valence-electron chi connectivity index (χ1n) is 8.96. The zero-order valence-corrected chi connectivity index (χ0v) is 15.9. The van der Waals surface area contributed by atoms with Gasteiger partial charge in [0.2, 0.25) is 0 Å². The SMILES string of the molecule is Cc1sc(NC(=O)c2ccco2)c(C[NH+]2CCc3ccccc3C2)c1C. The molecule has 4 rings (SSSR count). The quantitative estimate of drug-likeness (QED) is 0.743. The van der Waals surface area contributed by atoms with Crippen molar-refractivity contribution in [3.05, 3.63) is 75.6 Å². The Labute approximate surface area is 157 Å². The van der Waals surface area contributed by atoms with Crippen LogP contribution in [0.15, 0.2) is 47.1 Å². The molecule has 1 aromatic carbocycles. The number of anilines is 1. The molecule has 134 valence electrons. The predicted octanol–water partition coefficient (Wildman–Crippen LogP) is 3.35. The molecule has 26 heavy (non-hydrogen) atoms. The average molecular weight is 367 g/mol. The van der Waals surface area contributed by atoms with Crippen molar-refractivity contribution in [2.75, 3.05) is 11.9 Å². The Morgan fingerprint density at radius 3 is 2.77 bits per heavy atom. The lowest BCUT2D eigenvalue weighted by atomic mass is 9.99. The van der Waals surface area contributed by atoms with Crippen molar-refractivity contribution in [2.45, 2.75) is 33.4 Å². The molecule has 0 bridgehead atoms. The van der Waals surface area contributed by atoms with E-state index in [1.54, 1.807) is 23.5 Å². The van der Waals surface area contributed by atoms with Crippen molar-refractivity contribution < 1.29 is 14.1 Å². The van der Waals surface area contributed by atoms with Crippen molar-refractivity contribution >= 4 is 22.2 Å². The van der Waals surface area contributed by atoms with Gasteiger partial charge in [0.15, 0.2) is 5.76 Å². The van der Waals surface area contributed by atoms with Crippen LogP contribution in [0.25, 0.3) is 0 Å². The third-order valence-corrected chi connectivity index (χ3v) is 6.38. The summed E-state index contributed by atoms with van der Waals surface area (Å²) in [6, 6.07) is 12.1. The molecule has 1 aliphatic rings. The Kier molecular flexibility index (Phi) is 4.66. The second kappa shape index (κ2) is 7.09. The van der Waals surface area contributed by atoms with E-state index in [1.807, 2.05) is 0 Å². The molecule has 2 aromatic heterocycles. The number of aryl methyl sites for hydroxylation is 1. The first kappa shape index (κ1) is 17.1. The van der Waals surface area contributed by atoms with Crippen LogP contribution in [0.4, 0.5) is 5.00 Å². The molecule has 1 aliphatic heterocycles. The Bertz CT molecular complexity index is 928. The highest BCUT2D eigenvalue weighted by Gasteiger charge is 2.24. The number of hydrogen-bond acceptors (Lipinski definition) is 3. The maximum Gasteiger partial charge on any atom is 0.291 e. The van der Waals surface area contributed by atoms with Crippen LogP contribution >= 0.6 is 11.3 Å². The molecule has 2 N–H and O–H groups in total. The largest absolute Gasteiger partial charge is 0.459 e. The zero-order chi connectivity index (χ0) is 18.1. The second-order valence-corrected chi connectivity index (χ2v) is 8.12. The van der Waals surface area contributed by atoms with Gasteiger partial charge in [0.05, 0.1) is 12.8 Å². The van der Waals surface area contributed by atoms with E-state index in [0.717, 1.165) is 31.1 Å². The third kappa shape index (κ3) is 3.32. The average Bonchev–Trinajstić information content (AvgIpc) is 3.27. The molecule has 1 atom stereocenters. The number of fused-ring (bicyclic) bond motifs is 1. The van der Waals surface area contributed by atoms with Crippen LogP contribution in [-0.2, 0) is 19.5 Å². The number of furan rings is 1. The lowest BCUT2D eigenvalue weighted by Crippen LogP contribution is -3.10. The highest BCUT2D eigenvalue weighted by Crippen LogP contribution is 2.32. The molecular formula is C21H23N2O2S+. The lowest BCUT2D eigenvalue weighted by Gasteiger charge is -2.26. The summed E-state index contributed by atoms with van der Waals surface area (Å²) in [6.07, 6.45) is 2.64. The maximum absolute atomic E-state index is 12.4. The van der Waals surface area contributed by atoms with Crippen LogP contribution in [0, 0.1) is 13.8 Å². The minimum Gasteiger partial charge on any atom is -0.459 e. The summed E-state index contributed by atoms with van der Waals surface area (Å²) in [4.78, 5) is 15.2. The van der Waals surface area contributed by atoms with Crippen LogP contribution < -0.4 is 10.2 Å². The minimum atomic E-state index is -0.184. The van der Waals surface area contributed by atoms with Gasteiger partial charge in [-0.05, 0) is 37.1 Å². The number of benzene rings is 1. The number of carbonyl (C=O) groups is 1. The van der Waals surface area contributed by atoms with E-state index >= 15 is 0 Å².